The first-order valence-corrected chi connectivity index (χ1v) is 9.65. The fraction of sp³-hybridized carbons (Fsp3) is 0.150. The molecule has 6 heteroatoms. The van der Waals surface area contributed by atoms with E-state index >= 15 is 0 Å². The van der Waals surface area contributed by atoms with Crippen molar-refractivity contribution in [3.8, 4) is 0 Å². The SMILES string of the molecule is CCC(=O)c1cn(S(=O)(=O)c2ccccc2)cc1Cc1ccc(F)cc1. The molecule has 26 heavy (non-hydrogen) atoms. The summed E-state index contributed by atoms with van der Waals surface area (Å²) in [6, 6.07) is 14.0. The second kappa shape index (κ2) is 7.25. The van der Waals surface area contributed by atoms with Crippen LogP contribution < -0.4 is 0 Å². The van der Waals surface area contributed by atoms with Gasteiger partial charge in [0.25, 0.3) is 10.0 Å². The highest BCUT2D eigenvalue weighted by Gasteiger charge is 2.21. The molecule has 3 aromatic rings. The molecule has 0 fully saturated rings. The lowest BCUT2D eigenvalue weighted by Gasteiger charge is -2.05. The van der Waals surface area contributed by atoms with Gasteiger partial charge in [-0.2, -0.15) is 0 Å². The number of Topliss-reactive ketones (excluding diaryl/α,β-unsaturated/α-hetero) is 1. The summed E-state index contributed by atoms with van der Waals surface area (Å²) in [5, 5.41) is 0. The predicted octanol–water partition coefficient (Wildman–Crippen LogP) is 4.05. The normalized spacial score (nSPS) is 11.5. The Kier molecular flexibility index (Phi) is 5.04. The number of carbonyl (C=O) groups excluding carboxylic acids is 1. The Labute approximate surface area is 152 Å². The number of halogens is 1. The fourth-order valence-electron chi connectivity index (χ4n) is 2.73. The zero-order chi connectivity index (χ0) is 18.7. The molecule has 2 aromatic carbocycles. The van der Waals surface area contributed by atoms with Crippen molar-refractivity contribution in [3.63, 3.8) is 0 Å². The summed E-state index contributed by atoms with van der Waals surface area (Å²) in [6.45, 7) is 1.73. The Hall–Kier alpha value is -2.73. The third-order valence-corrected chi connectivity index (χ3v) is 5.77. The van der Waals surface area contributed by atoms with Crippen LogP contribution in [0.3, 0.4) is 0 Å². The summed E-state index contributed by atoms with van der Waals surface area (Å²) in [6.07, 6.45) is 3.45. The Morgan fingerprint density at radius 3 is 2.27 bits per heavy atom. The minimum Gasteiger partial charge on any atom is -0.294 e. The van der Waals surface area contributed by atoms with E-state index in [1.807, 2.05) is 0 Å². The maximum absolute atomic E-state index is 13.1. The smallest absolute Gasteiger partial charge is 0.267 e. The van der Waals surface area contributed by atoms with Crippen molar-refractivity contribution in [1.82, 2.24) is 3.97 Å². The molecule has 0 aliphatic carbocycles. The number of nitrogens with zero attached hydrogens (tertiary/aromatic N) is 1. The van der Waals surface area contributed by atoms with Crippen LogP contribution in [0.5, 0.6) is 0 Å². The van der Waals surface area contributed by atoms with E-state index in [4.69, 9.17) is 0 Å². The molecule has 1 aromatic heterocycles. The molecular weight excluding hydrogens is 353 g/mol. The van der Waals surface area contributed by atoms with Crippen molar-refractivity contribution < 1.29 is 17.6 Å². The summed E-state index contributed by atoms with van der Waals surface area (Å²) in [7, 11) is -3.78. The third kappa shape index (κ3) is 3.60. The molecule has 0 atom stereocenters. The number of rotatable bonds is 6. The van der Waals surface area contributed by atoms with Gasteiger partial charge in [0, 0.05) is 24.4 Å². The number of benzene rings is 2. The second-order valence-electron chi connectivity index (χ2n) is 5.93. The second-order valence-corrected chi connectivity index (χ2v) is 7.77. The van der Waals surface area contributed by atoms with Gasteiger partial charge in [-0.3, -0.25) is 4.79 Å². The zero-order valence-corrected chi connectivity index (χ0v) is 15.0. The molecular formula is C20H18FNO3S. The van der Waals surface area contributed by atoms with Crippen LogP contribution in [0.1, 0.15) is 34.8 Å². The highest BCUT2D eigenvalue weighted by molar-refractivity contribution is 7.90. The molecule has 0 spiro atoms. The Morgan fingerprint density at radius 1 is 1.00 bits per heavy atom. The average molecular weight is 371 g/mol. The van der Waals surface area contributed by atoms with E-state index in [9.17, 15) is 17.6 Å². The standard InChI is InChI=1S/C20H18FNO3S/c1-2-20(23)19-14-22(26(24,25)18-6-4-3-5-7-18)13-16(19)12-15-8-10-17(21)11-9-15/h3-11,13-14H,2,12H2,1H3. The first-order valence-electron chi connectivity index (χ1n) is 8.21. The van der Waals surface area contributed by atoms with Crippen LogP contribution in [-0.4, -0.2) is 18.2 Å². The number of hydrogen-bond acceptors (Lipinski definition) is 3. The van der Waals surface area contributed by atoms with Crippen molar-refractivity contribution in [2.75, 3.05) is 0 Å². The van der Waals surface area contributed by atoms with E-state index in [-0.39, 0.29) is 22.9 Å². The third-order valence-electron chi connectivity index (χ3n) is 4.13. The van der Waals surface area contributed by atoms with Gasteiger partial charge in [0.2, 0.25) is 0 Å². The average Bonchev–Trinajstić information content (AvgIpc) is 3.08. The van der Waals surface area contributed by atoms with Crippen molar-refractivity contribution in [3.05, 3.63) is 89.5 Å². The maximum Gasteiger partial charge on any atom is 0.267 e. The van der Waals surface area contributed by atoms with Crippen molar-refractivity contribution >= 4 is 15.8 Å². The van der Waals surface area contributed by atoms with Crippen LogP contribution in [0.25, 0.3) is 0 Å². The minimum atomic E-state index is -3.78. The predicted molar refractivity (Wildman–Crippen MR) is 97.3 cm³/mol. The van der Waals surface area contributed by atoms with Crippen LogP contribution in [0, 0.1) is 5.82 Å². The topological polar surface area (TPSA) is 56.1 Å². The quantitative estimate of drug-likeness (QED) is 0.614. The van der Waals surface area contributed by atoms with Crippen LogP contribution in [-0.2, 0) is 16.4 Å². The summed E-state index contributed by atoms with van der Waals surface area (Å²) in [4.78, 5) is 12.4. The fourth-order valence-corrected chi connectivity index (χ4v) is 3.98. The maximum atomic E-state index is 13.1. The van der Waals surface area contributed by atoms with Gasteiger partial charge in [-0.15, -0.1) is 0 Å². The summed E-state index contributed by atoms with van der Waals surface area (Å²) >= 11 is 0. The molecule has 1 heterocycles. The molecule has 0 aliphatic heterocycles. The summed E-state index contributed by atoms with van der Waals surface area (Å²) in [5.41, 5.74) is 1.77. The molecule has 0 radical (unpaired) electrons. The Bertz CT molecular complexity index is 1020. The van der Waals surface area contributed by atoms with Gasteiger partial charge in [0.05, 0.1) is 4.90 Å². The summed E-state index contributed by atoms with van der Waals surface area (Å²) < 4.78 is 39.8. The van der Waals surface area contributed by atoms with E-state index in [2.05, 4.69) is 0 Å². The largest absolute Gasteiger partial charge is 0.294 e. The molecule has 134 valence electrons. The van der Waals surface area contributed by atoms with Gasteiger partial charge in [-0.1, -0.05) is 37.3 Å². The van der Waals surface area contributed by atoms with Gasteiger partial charge in [0.15, 0.2) is 5.78 Å². The highest BCUT2D eigenvalue weighted by Crippen LogP contribution is 2.22. The molecule has 0 unspecified atom stereocenters. The molecule has 0 bridgehead atoms. The van der Waals surface area contributed by atoms with Crippen LogP contribution >= 0.6 is 0 Å². The first-order chi connectivity index (χ1) is 12.4. The molecule has 0 saturated heterocycles. The highest BCUT2D eigenvalue weighted by atomic mass is 32.2. The molecule has 3 rings (SSSR count). The molecule has 0 saturated carbocycles. The Balaban J connectivity index is 2.04. The lowest BCUT2D eigenvalue weighted by Crippen LogP contribution is -2.11. The van der Waals surface area contributed by atoms with Gasteiger partial charge < -0.3 is 0 Å². The number of carbonyl (C=O) groups is 1. The first kappa shape index (κ1) is 18.1. The van der Waals surface area contributed by atoms with Crippen molar-refractivity contribution in [2.24, 2.45) is 0 Å². The number of ketones is 1. The van der Waals surface area contributed by atoms with Gasteiger partial charge in [-0.25, -0.2) is 16.8 Å². The molecule has 0 N–H and O–H groups in total. The van der Waals surface area contributed by atoms with E-state index in [0.29, 0.717) is 17.5 Å². The number of aromatic nitrogens is 1. The molecule has 4 nitrogen and oxygen atoms in total. The lowest BCUT2D eigenvalue weighted by molar-refractivity contribution is 0.0987. The van der Waals surface area contributed by atoms with Crippen LogP contribution in [0.4, 0.5) is 4.39 Å². The zero-order valence-electron chi connectivity index (χ0n) is 14.2. The lowest BCUT2D eigenvalue weighted by atomic mass is 10.0. The monoisotopic (exact) mass is 371 g/mol. The van der Waals surface area contributed by atoms with Gasteiger partial charge in [-0.05, 0) is 41.8 Å². The van der Waals surface area contributed by atoms with E-state index in [0.717, 1.165) is 9.54 Å². The van der Waals surface area contributed by atoms with Crippen molar-refractivity contribution in [1.29, 1.82) is 0 Å². The van der Waals surface area contributed by atoms with Gasteiger partial charge in [0.1, 0.15) is 5.82 Å². The Morgan fingerprint density at radius 2 is 1.65 bits per heavy atom. The van der Waals surface area contributed by atoms with Crippen molar-refractivity contribution in [2.45, 2.75) is 24.7 Å². The number of hydrogen-bond donors (Lipinski definition) is 0. The van der Waals surface area contributed by atoms with E-state index < -0.39 is 10.0 Å². The van der Waals surface area contributed by atoms with Gasteiger partial charge >= 0.3 is 0 Å². The van der Waals surface area contributed by atoms with Crippen LogP contribution in [0.2, 0.25) is 0 Å². The molecule has 0 amide bonds. The minimum absolute atomic E-state index is 0.135. The summed E-state index contributed by atoms with van der Waals surface area (Å²) in [5.74, 6) is -0.480. The van der Waals surface area contributed by atoms with E-state index in [1.165, 1.54) is 36.7 Å². The molecule has 0 aliphatic rings. The van der Waals surface area contributed by atoms with Crippen LogP contribution in [0.15, 0.2) is 71.9 Å². The van der Waals surface area contributed by atoms with E-state index in [1.54, 1.807) is 37.3 Å².